The van der Waals surface area contributed by atoms with Crippen molar-refractivity contribution >= 4 is 23.2 Å². The summed E-state index contributed by atoms with van der Waals surface area (Å²) < 4.78 is 0. The van der Waals surface area contributed by atoms with Gasteiger partial charge in [0.05, 0.1) is 0 Å². The van der Waals surface area contributed by atoms with E-state index in [1.165, 1.54) is 25.7 Å². The maximum absolute atomic E-state index is 11.7. The lowest BCUT2D eigenvalue weighted by molar-refractivity contribution is 0.0938. The fourth-order valence-corrected chi connectivity index (χ4v) is 1.96. The van der Waals surface area contributed by atoms with Crippen LogP contribution in [0.1, 0.15) is 50.0 Å². The largest absolute Gasteiger partial charge is 0.361 e. The molecule has 1 atom stereocenters. The van der Waals surface area contributed by atoms with Gasteiger partial charge in [-0.1, -0.05) is 39.2 Å². The summed E-state index contributed by atoms with van der Waals surface area (Å²) in [5, 5.41) is 3.52. The van der Waals surface area contributed by atoms with Crippen LogP contribution in [-0.2, 0) is 0 Å². The Morgan fingerprint density at radius 1 is 1.33 bits per heavy atom. The number of carbonyl (C=O) groups excluding carboxylic acids is 1. The van der Waals surface area contributed by atoms with Crippen molar-refractivity contribution in [2.24, 2.45) is 5.92 Å². The molecule has 1 amide bonds. The second-order valence-corrected chi connectivity index (χ2v) is 5.51. The second kappa shape index (κ2) is 10.1. The van der Waals surface area contributed by atoms with Crippen molar-refractivity contribution in [2.45, 2.75) is 39.5 Å². The topological polar surface area (TPSA) is 66.0 Å². The highest BCUT2D eigenvalue weighted by Gasteiger charge is 2.07. The molecule has 5 nitrogen and oxygen atoms in total. The molecule has 0 unspecified atom stereocenters. The van der Waals surface area contributed by atoms with Crippen molar-refractivity contribution in [3.8, 4) is 0 Å². The molecule has 0 saturated heterocycles. The normalized spacial score (nSPS) is 11.5. The number of unbranched alkanes of at least 4 members (excludes halogenated alkanes) is 2. The third-order valence-electron chi connectivity index (χ3n) is 3.10. The van der Waals surface area contributed by atoms with Gasteiger partial charge in [-0.15, -0.1) is 0 Å². The zero-order valence-corrected chi connectivity index (χ0v) is 13.5. The van der Waals surface area contributed by atoms with Crippen molar-refractivity contribution in [1.82, 2.24) is 21.2 Å². The third kappa shape index (κ3) is 7.60. The molecule has 1 rings (SSSR count). The molecule has 1 aromatic heterocycles. The van der Waals surface area contributed by atoms with E-state index in [9.17, 15) is 4.79 Å². The van der Waals surface area contributed by atoms with Gasteiger partial charge in [0.2, 0.25) is 0 Å². The summed E-state index contributed by atoms with van der Waals surface area (Å²) in [6, 6.07) is 5.16. The summed E-state index contributed by atoms with van der Waals surface area (Å²) in [5.74, 6) is 0.249. The predicted molar refractivity (Wildman–Crippen MR) is 88.7 cm³/mol. The van der Waals surface area contributed by atoms with Crippen LogP contribution in [0.4, 0.5) is 0 Å². The number of nitrogens with zero attached hydrogens (tertiary/aromatic N) is 1. The van der Waals surface area contributed by atoms with Crippen LogP contribution in [0.15, 0.2) is 24.4 Å². The number of thiocarbonyl (C=S) groups is 1. The van der Waals surface area contributed by atoms with Gasteiger partial charge < -0.3 is 5.32 Å². The Bertz CT molecular complexity index is 439. The third-order valence-corrected chi connectivity index (χ3v) is 3.35. The van der Waals surface area contributed by atoms with E-state index in [0.717, 1.165) is 6.54 Å². The maximum Gasteiger partial charge on any atom is 0.288 e. The van der Waals surface area contributed by atoms with Gasteiger partial charge in [0.15, 0.2) is 5.11 Å². The van der Waals surface area contributed by atoms with Crippen molar-refractivity contribution in [3.05, 3.63) is 30.1 Å². The molecule has 0 aliphatic heterocycles. The van der Waals surface area contributed by atoms with Gasteiger partial charge in [-0.2, -0.15) is 0 Å². The Balaban J connectivity index is 2.18. The highest BCUT2D eigenvalue weighted by molar-refractivity contribution is 7.80. The summed E-state index contributed by atoms with van der Waals surface area (Å²) in [7, 11) is 0. The lowest BCUT2D eigenvalue weighted by Gasteiger charge is -2.15. The first-order chi connectivity index (χ1) is 10.1. The Hall–Kier alpha value is -1.69. The highest BCUT2D eigenvalue weighted by Crippen LogP contribution is 2.07. The molecular weight excluding hydrogens is 284 g/mol. The van der Waals surface area contributed by atoms with Gasteiger partial charge >= 0.3 is 0 Å². The van der Waals surface area contributed by atoms with Crippen LogP contribution >= 0.6 is 12.2 Å². The van der Waals surface area contributed by atoms with Crippen LogP contribution in [0.5, 0.6) is 0 Å². The Morgan fingerprint density at radius 3 is 2.81 bits per heavy atom. The highest BCUT2D eigenvalue weighted by atomic mass is 32.1. The zero-order chi connectivity index (χ0) is 15.5. The first-order valence-electron chi connectivity index (χ1n) is 7.38. The van der Waals surface area contributed by atoms with E-state index in [1.54, 1.807) is 24.4 Å². The minimum absolute atomic E-state index is 0.309. The molecule has 0 bridgehead atoms. The molecule has 0 fully saturated rings. The molecule has 116 valence electrons. The fourth-order valence-electron chi connectivity index (χ4n) is 1.83. The molecule has 0 saturated carbocycles. The van der Waals surface area contributed by atoms with Gasteiger partial charge in [0.1, 0.15) is 5.69 Å². The second-order valence-electron chi connectivity index (χ2n) is 5.11. The number of amides is 1. The smallest absolute Gasteiger partial charge is 0.288 e. The molecule has 21 heavy (non-hydrogen) atoms. The monoisotopic (exact) mass is 308 g/mol. The average Bonchev–Trinajstić information content (AvgIpc) is 2.51. The van der Waals surface area contributed by atoms with Crippen LogP contribution in [0.2, 0.25) is 0 Å². The minimum Gasteiger partial charge on any atom is -0.361 e. The zero-order valence-electron chi connectivity index (χ0n) is 12.7. The van der Waals surface area contributed by atoms with Crippen molar-refractivity contribution in [1.29, 1.82) is 0 Å². The van der Waals surface area contributed by atoms with Crippen LogP contribution < -0.4 is 16.2 Å². The van der Waals surface area contributed by atoms with Gasteiger partial charge in [-0.3, -0.25) is 20.6 Å². The van der Waals surface area contributed by atoms with Crippen LogP contribution in [0.25, 0.3) is 0 Å². The summed E-state index contributed by atoms with van der Waals surface area (Å²) in [5.41, 5.74) is 5.55. The molecule has 0 aromatic carbocycles. The van der Waals surface area contributed by atoms with Gasteiger partial charge in [-0.05, 0) is 36.7 Å². The number of pyridine rings is 1. The standard InChI is InChI=1S/C15H24N4OS/c1-3-4-5-8-12(2)11-17-15(21)19-18-14(20)13-9-6-7-10-16-13/h6-7,9-10,12H,3-5,8,11H2,1-2H3,(H,18,20)(H2,17,19,21)/t12-/m0/s1. The first-order valence-corrected chi connectivity index (χ1v) is 7.79. The lowest BCUT2D eigenvalue weighted by Crippen LogP contribution is -2.47. The van der Waals surface area contributed by atoms with Crippen LogP contribution in [0, 0.1) is 5.92 Å². The number of nitrogens with one attached hydrogen (secondary N) is 3. The number of hydrazine groups is 1. The minimum atomic E-state index is -0.309. The number of hydrogen-bond acceptors (Lipinski definition) is 3. The van der Waals surface area contributed by atoms with E-state index in [1.807, 2.05) is 0 Å². The molecular formula is C15H24N4OS. The van der Waals surface area contributed by atoms with Crippen molar-refractivity contribution in [3.63, 3.8) is 0 Å². The van der Waals surface area contributed by atoms with Gasteiger partial charge in [0.25, 0.3) is 5.91 Å². The predicted octanol–water partition coefficient (Wildman–Crippen LogP) is 2.41. The van der Waals surface area contributed by atoms with Crippen LogP contribution in [-0.4, -0.2) is 22.5 Å². The van der Waals surface area contributed by atoms with E-state index in [2.05, 4.69) is 35.0 Å². The van der Waals surface area contributed by atoms with Gasteiger partial charge in [-0.25, -0.2) is 0 Å². The SMILES string of the molecule is CCCCC[C@H](C)CNC(=S)NNC(=O)c1ccccn1. The molecule has 0 aliphatic carbocycles. The summed E-state index contributed by atoms with van der Waals surface area (Å²) in [6.07, 6.45) is 6.51. The summed E-state index contributed by atoms with van der Waals surface area (Å²) in [6.45, 7) is 5.19. The molecule has 3 N–H and O–H groups in total. The van der Waals surface area contributed by atoms with E-state index in [-0.39, 0.29) is 5.91 Å². The summed E-state index contributed by atoms with van der Waals surface area (Å²) >= 11 is 5.12. The lowest BCUT2D eigenvalue weighted by atomic mass is 10.0. The maximum atomic E-state index is 11.7. The van der Waals surface area contributed by atoms with Crippen molar-refractivity contribution in [2.75, 3.05) is 6.54 Å². The Morgan fingerprint density at radius 2 is 2.14 bits per heavy atom. The first kappa shape index (κ1) is 17.4. The molecule has 6 heteroatoms. The fraction of sp³-hybridized carbons (Fsp3) is 0.533. The van der Waals surface area contributed by atoms with Crippen molar-refractivity contribution < 1.29 is 4.79 Å². The quantitative estimate of drug-likeness (QED) is 0.410. The molecule has 0 radical (unpaired) electrons. The summed E-state index contributed by atoms with van der Waals surface area (Å²) in [4.78, 5) is 15.7. The van der Waals surface area contributed by atoms with Crippen LogP contribution in [0.3, 0.4) is 0 Å². The van der Waals surface area contributed by atoms with Gasteiger partial charge in [0, 0.05) is 12.7 Å². The average molecular weight is 308 g/mol. The molecule has 0 aliphatic rings. The molecule has 1 heterocycles. The van der Waals surface area contributed by atoms with E-state index in [4.69, 9.17) is 12.2 Å². The Kier molecular flexibility index (Phi) is 8.35. The van der Waals surface area contributed by atoms with E-state index in [0.29, 0.717) is 16.7 Å². The molecule has 1 aromatic rings. The number of carbonyl (C=O) groups is 1. The number of rotatable bonds is 7. The van der Waals surface area contributed by atoms with E-state index < -0.39 is 0 Å². The number of aromatic nitrogens is 1. The Labute approximate surface area is 131 Å². The molecule has 0 spiro atoms. The van der Waals surface area contributed by atoms with E-state index >= 15 is 0 Å². The number of hydrogen-bond donors (Lipinski definition) is 3.